The maximum atomic E-state index is 12.7. The smallest absolute Gasteiger partial charge is 0.143 e. The van der Waals surface area contributed by atoms with Gasteiger partial charge in [-0.1, -0.05) is 19.1 Å². The summed E-state index contributed by atoms with van der Waals surface area (Å²) in [4.78, 5) is 32.3. The van der Waals surface area contributed by atoms with E-state index in [1.807, 2.05) is 0 Å². The van der Waals surface area contributed by atoms with Gasteiger partial charge in [-0.2, -0.15) is 0 Å². The second-order valence-electron chi connectivity index (χ2n) is 6.60. The maximum Gasteiger partial charge on any atom is 0.143 e. The van der Waals surface area contributed by atoms with E-state index in [0.29, 0.717) is 0 Å². The highest BCUT2D eigenvalue weighted by molar-refractivity contribution is 5.77. The lowest BCUT2D eigenvalue weighted by Crippen LogP contribution is -2.77. The van der Waals surface area contributed by atoms with Crippen molar-refractivity contribution in [2.24, 2.45) is 5.92 Å². The van der Waals surface area contributed by atoms with Crippen molar-refractivity contribution in [3.63, 3.8) is 0 Å². The van der Waals surface area contributed by atoms with Crippen molar-refractivity contribution in [1.82, 2.24) is 16.0 Å². The topological polar surface area (TPSA) is 180 Å². The van der Waals surface area contributed by atoms with Crippen molar-refractivity contribution in [2.45, 2.75) is 57.0 Å². The van der Waals surface area contributed by atoms with Gasteiger partial charge < -0.3 is 46.0 Å². The van der Waals surface area contributed by atoms with E-state index in [2.05, 4.69) is 16.0 Å². The molecule has 150 valence electrons. The molecule has 1 saturated carbocycles. The molecule has 0 amide bonds. The molecule has 26 heavy (non-hydrogen) atoms. The lowest BCUT2D eigenvalue weighted by atomic mass is 9.74. The van der Waals surface area contributed by atoms with E-state index in [-0.39, 0.29) is 38.3 Å². The highest BCUT2D eigenvalue weighted by atomic mass is 16.4. The predicted molar refractivity (Wildman–Crippen MR) is 82.0 cm³/mol. The van der Waals surface area contributed by atoms with Crippen LogP contribution in [-0.4, -0.2) is 67.7 Å². The molecule has 3 N–H and O–H groups in total. The first-order valence-electron chi connectivity index (χ1n) is 8.56. The van der Waals surface area contributed by atoms with Crippen LogP contribution in [0.1, 0.15) is 26.7 Å². The van der Waals surface area contributed by atoms with E-state index in [1.165, 1.54) is 6.92 Å². The predicted octanol–water partition coefficient (Wildman–Crippen LogP) is -6.16. The van der Waals surface area contributed by atoms with Crippen LogP contribution in [0, 0.1) is 5.92 Å². The van der Waals surface area contributed by atoms with Crippen molar-refractivity contribution in [3.05, 3.63) is 0 Å². The van der Waals surface area contributed by atoms with Crippen LogP contribution >= 0.6 is 0 Å². The van der Waals surface area contributed by atoms with Gasteiger partial charge in [-0.25, -0.2) is 0 Å². The largest absolute Gasteiger partial charge is 0.850 e. The fourth-order valence-electron chi connectivity index (χ4n) is 3.24. The van der Waals surface area contributed by atoms with Crippen molar-refractivity contribution < 1.29 is 34.8 Å². The third-order valence-electron chi connectivity index (χ3n) is 4.55. The number of nitrogens with one attached hydrogen (secondary N) is 3. The number of carbonyl (C=O) groups excluding carboxylic acids is 3. The Labute approximate surface area is 152 Å². The Kier molecular flexibility index (Phi) is 9.09. The molecular weight excluding hydrogens is 346 g/mol. The number of carboxylic acids is 2. The van der Waals surface area contributed by atoms with Crippen LogP contribution < -0.4 is 36.4 Å². The lowest BCUT2D eigenvalue weighted by Gasteiger charge is -2.58. The average Bonchev–Trinajstić information content (AvgIpc) is 2.53. The molecule has 0 unspecified atom stereocenters. The number of ketones is 1. The lowest BCUT2D eigenvalue weighted by molar-refractivity contribution is -0.495. The zero-order valence-electron chi connectivity index (χ0n) is 14.9. The molecule has 0 aromatic heterocycles. The first-order chi connectivity index (χ1) is 12.1. The second kappa shape index (κ2) is 10.5. The normalized spacial score (nSPS) is 31.5. The summed E-state index contributed by atoms with van der Waals surface area (Å²) in [6, 6.07) is -2.54. The van der Waals surface area contributed by atoms with Crippen LogP contribution in [0.2, 0.25) is 0 Å². The van der Waals surface area contributed by atoms with Crippen LogP contribution in [0.15, 0.2) is 0 Å². The molecule has 10 heteroatoms. The number of rotatable bonds is 11. The number of hydrogen-bond donors (Lipinski definition) is 3. The molecule has 0 aromatic rings. The zero-order chi connectivity index (χ0) is 19.9. The van der Waals surface area contributed by atoms with Crippen molar-refractivity contribution in [2.75, 3.05) is 19.6 Å². The third-order valence-corrected chi connectivity index (χ3v) is 4.55. The zero-order valence-corrected chi connectivity index (χ0v) is 14.9. The van der Waals surface area contributed by atoms with Crippen LogP contribution in [0.25, 0.3) is 0 Å². The van der Waals surface area contributed by atoms with Gasteiger partial charge in [0, 0.05) is 31.1 Å². The Morgan fingerprint density at radius 3 is 1.65 bits per heavy atom. The summed E-state index contributed by atoms with van der Waals surface area (Å²) < 4.78 is 0. The molecule has 0 spiro atoms. The Morgan fingerprint density at radius 1 is 0.808 bits per heavy atom. The van der Waals surface area contributed by atoms with Gasteiger partial charge in [0.1, 0.15) is 5.78 Å². The molecule has 0 aromatic carbocycles. The van der Waals surface area contributed by atoms with E-state index in [9.17, 15) is 34.8 Å². The monoisotopic (exact) mass is 371 g/mol. The van der Waals surface area contributed by atoms with Gasteiger partial charge in [0.25, 0.3) is 0 Å². The minimum Gasteiger partial charge on any atom is -0.850 e. The van der Waals surface area contributed by atoms with Crippen LogP contribution in [0.5, 0.6) is 0 Å². The van der Waals surface area contributed by atoms with Gasteiger partial charge >= 0.3 is 0 Å². The van der Waals surface area contributed by atoms with Crippen molar-refractivity contribution >= 4 is 17.7 Å². The molecule has 1 aliphatic carbocycles. The number of aliphatic carboxylic acids is 2. The molecule has 1 aliphatic rings. The Morgan fingerprint density at radius 2 is 1.23 bits per heavy atom. The summed E-state index contributed by atoms with van der Waals surface area (Å²) in [6.45, 7) is 2.92. The summed E-state index contributed by atoms with van der Waals surface area (Å²) in [5, 5.41) is 54.9. The van der Waals surface area contributed by atoms with Crippen molar-refractivity contribution in [1.29, 1.82) is 0 Å². The maximum absolute atomic E-state index is 12.7. The van der Waals surface area contributed by atoms with Crippen molar-refractivity contribution in [3.8, 4) is 0 Å². The molecule has 0 radical (unpaired) electrons. The molecular formula is C16H25N3O7-4. The first kappa shape index (κ1) is 22.5. The highest BCUT2D eigenvalue weighted by Crippen LogP contribution is 2.24. The van der Waals surface area contributed by atoms with E-state index < -0.39 is 48.2 Å². The highest BCUT2D eigenvalue weighted by Gasteiger charge is 2.39. The average molecular weight is 371 g/mol. The summed E-state index contributed by atoms with van der Waals surface area (Å²) in [7, 11) is 0. The Balaban J connectivity index is 2.86. The quantitative estimate of drug-likeness (QED) is 0.316. The summed E-state index contributed by atoms with van der Waals surface area (Å²) in [6.07, 6.45) is -3.44. The van der Waals surface area contributed by atoms with Gasteiger partial charge in [-0.15, -0.1) is 0 Å². The van der Waals surface area contributed by atoms with E-state index in [1.54, 1.807) is 6.92 Å². The number of carbonyl (C=O) groups is 3. The minimum atomic E-state index is -1.41. The van der Waals surface area contributed by atoms with Crippen LogP contribution in [0.4, 0.5) is 0 Å². The molecule has 0 bridgehead atoms. The van der Waals surface area contributed by atoms with Crippen LogP contribution in [-0.2, 0) is 14.4 Å². The Bertz CT molecular complexity index is 468. The number of carboxylic acid groups (broad SMARTS) is 2. The fraction of sp³-hybridized carbons (Fsp3) is 0.812. The van der Waals surface area contributed by atoms with E-state index in [4.69, 9.17) is 0 Å². The summed E-state index contributed by atoms with van der Waals surface area (Å²) in [5.41, 5.74) is 0. The van der Waals surface area contributed by atoms with Gasteiger partial charge in [-0.05, 0) is 37.8 Å². The Hall–Kier alpha value is -1.59. The van der Waals surface area contributed by atoms with Gasteiger partial charge in [0.15, 0.2) is 0 Å². The first-order valence-corrected chi connectivity index (χ1v) is 8.56. The van der Waals surface area contributed by atoms with Crippen LogP contribution in [0.3, 0.4) is 0 Å². The van der Waals surface area contributed by atoms with Gasteiger partial charge in [-0.3, -0.25) is 4.79 Å². The van der Waals surface area contributed by atoms with Gasteiger partial charge in [0.05, 0.1) is 6.54 Å². The molecule has 6 atom stereocenters. The molecule has 1 rings (SSSR count). The SMILES string of the molecule is CC(=O)CN[C@@H]1[C@H](C)[C@H](NCCC(=O)[O-])[C@H]([O-])[C@H](NCCC(=O)[O-])[C@@H]1[O-]. The summed E-state index contributed by atoms with van der Waals surface area (Å²) >= 11 is 0. The fourth-order valence-corrected chi connectivity index (χ4v) is 3.24. The summed E-state index contributed by atoms with van der Waals surface area (Å²) in [5.74, 6) is -3.20. The number of Topliss-reactive ketones (excluding diaryl/α,β-unsaturated/α-hetero) is 1. The third kappa shape index (κ3) is 6.61. The van der Waals surface area contributed by atoms with E-state index in [0.717, 1.165) is 0 Å². The number of hydrogen-bond acceptors (Lipinski definition) is 10. The minimum absolute atomic E-state index is 0.00476. The van der Waals surface area contributed by atoms with Gasteiger partial charge in [0.2, 0.25) is 0 Å². The standard InChI is InChI=1S/C16H27N3O7/c1-8(20)7-19-13-9(2)12(17-5-3-10(21)22)15(25)14(16(13)26)18-6-4-11(23)24/h9,12-19H,3-7H2,1-2H3,(H,21,22)(H,23,24)/q-2/p-2/t9-,12+,13-,14+,15+,16-/m1/s1. The second-order valence-corrected chi connectivity index (χ2v) is 6.60. The molecule has 0 heterocycles. The molecule has 10 nitrogen and oxygen atoms in total. The molecule has 0 saturated heterocycles. The molecule has 0 aliphatic heterocycles. The van der Waals surface area contributed by atoms with E-state index >= 15 is 0 Å². The molecule has 1 fully saturated rings.